The molecule has 0 aromatic heterocycles. The highest BCUT2D eigenvalue weighted by Crippen LogP contribution is 2.39. The van der Waals surface area contributed by atoms with Gasteiger partial charge in [0, 0.05) is 13.2 Å². The zero-order valence-corrected chi connectivity index (χ0v) is 13.0. The van der Waals surface area contributed by atoms with Crippen LogP contribution in [-0.4, -0.2) is 6.66 Å². The van der Waals surface area contributed by atoms with Gasteiger partial charge in [-0.15, -0.1) is 0 Å². The molecule has 106 valence electrons. The Morgan fingerprint density at radius 3 is 2.25 bits per heavy atom. The number of benzene rings is 2. The molecule has 0 heterocycles. The van der Waals surface area contributed by atoms with Gasteiger partial charge in [0.05, 0.1) is 0 Å². The maximum Gasteiger partial charge on any atom is 0.313 e. The molecule has 3 nitrogen and oxygen atoms in total. The van der Waals surface area contributed by atoms with Crippen LogP contribution in [-0.2, 0) is 11.1 Å². The SMILES string of the molecule is Cc1cc(C)cc(OP(C)(=O)NCc2ccccc2)c1. The van der Waals surface area contributed by atoms with Crippen molar-refractivity contribution >= 4 is 7.52 Å². The topological polar surface area (TPSA) is 38.3 Å². The first kappa shape index (κ1) is 14.8. The zero-order chi connectivity index (χ0) is 14.6. The second kappa shape index (κ2) is 6.25. The molecule has 0 fully saturated rings. The third-order valence-electron chi connectivity index (χ3n) is 2.89. The molecule has 4 heteroatoms. The molecule has 1 atom stereocenters. The molecule has 2 aromatic rings. The van der Waals surface area contributed by atoms with Crippen LogP contribution in [0, 0.1) is 13.8 Å². The Kier molecular flexibility index (Phi) is 4.64. The summed E-state index contributed by atoms with van der Waals surface area (Å²) >= 11 is 0. The molecule has 0 radical (unpaired) electrons. The number of hydrogen-bond donors (Lipinski definition) is 1. The van der Waals surface area contributed by atoms with Crippen LogP contribution in [0.3, 0.4) is 0 Å². The molecule has 0 spiro atoms. The van der Waals surface area contributed by atoms with E-state index in [-0.39, 0.29) is 0 Å². The Labute approximate surface area is 120 Å². The lowest BCUT2D eigenvalue weighted by atomic mass is 10.1. The van der Waals surface area contributed by atoms with Crippen LogP contribution in [0.1, 0.15) is 16.7 Å². The minimum Gasteiger partial charge on any atom is -0.433 e. The average Bonchev–Trinajstić information content (AvgIpc) is 2.36. The Morgan fingerprint density at radius 1 is 1.05 bits per heavy atom. The van der Waals surface area contributed by atoms with Crippen molar-refractivity contribution < 1.29 is 9.09 Å². The van der Waals surface area contributed by atoms with E-state index in [1.165, 1.54) is 0 Å². The molecule has 0 aliphatic carbocycles. The minimum atomic E-state index is -2.87. The summed E-state index contributed by atoms with van der Waals surface area (Å²) in [6.45, 7) is 6.13. The minimum absolute atomic E-state index is 0.527. The van der Waals surface area contributed by atoms with Gasteiger partial charge < -0.3 is 4.52 Å². The molecule has 1 N–H and O–H groups in total. The molecule has 20 heavy (non-hydrogen) atoms. The van der Waals surface area contributed by atoms with Crippen molar-refractivity contribution in [3.8, 4) is 5.75 Å². The summed E-state index contributed by atoms with van der Waals surface area (Å²) < 4.78 is 18.1. The van der Waals surface area contributed by atoms with Crippen LogP contribution in [0.25, 0.3) is 0 Å². The lowest BCUT2D eigenvalue weighted by Crippen LogP contribution is -2.13. The van der Waals surface area contributed by atoms with Crippen molar-refractivity contribution in [1.29, 1.82) is 0 Å². The second-order valence-corrected chi connectivity index (χ2v) is 7.27. The lowest BCUT2D eigenvalue weighted by molar-refractivity contribution is 0.473. The highest BCUT2D eigenvalue weighted by molar-refractivity contribution is 7.56. The van der Waals surface area contributed by atoms with Crippen molar-refractivity contribution in [3.05, 3.63) is 65.2 Å². The molecular formula is C16H20NO2P. The zero-order valence-electron chi connectivity index (χ0n) is 12.1. The van der Waals surface area contributed by atoms with E-state index in [0.29, 0.717) is 12.3 Å². The van der Waals surface area contributed by atoms with E-state index in [4.69, 9.17) is 4.52 Å². The van der Waals surface area contributed by atoms with Crippen molar-refractivity contribution in [3.63, 3.8) is 0 Å². The molecule has 0 saturated heterocycles. The first-order valence-electron chi connectivity index (χ1n) is 6.59. The molecule has 1 unspecified atom stereocenters. The highest BCUT2D eigenvalue weighted by atomic mass is 31.2. The van der Waals surface area contributed by atoms with E-state index in [1.54, 1.807) is 6.66 Å². The largest absolute Gasteiger partial charge is 0.433 e. The summed E-state index contributed by atoms with van der Waals surface area (Å²) in [5.74, 6) is 0.647. The van der Waals surface area contributed by atoms with Crippen LogP contribution in [0.2, 0.25) is 0 Å². The second-order valence-electron chi connectivity index (χ2n) is 5.08. The van der Waals surface area contributed by atoms with Gasteiger partial charge in [-0.05, 0) is 42.7 Å². The summed E-state index contributed by atoms with van der Waals surface area (Å²) in [4.78, 5) is 0. The molecule has 2 rings (SSSR count). The Balaban J connectivity index is 2.02. The van der Waals surface area contributed by atoms with Gasteiger partial charge in [-0.25, -0.2) is 5.09 Å². The monoisotopic (exact) mass is 289 g/mol. The van der Waals surface area contributed by atoms with E-state index in [0.717, 1.165) is 16.7 Å². The molecule has 0 bridgehead atoms. The molecule has 0 amide bonds. The standard InChI is InChI=1S/C16H20NO2P/c1-13-9-14(2)11-16(10-13)19-20(3,18)17-12-15-7-5-4-6-8-15/h4-11H,12H2,1-3H3,(H,17,18). The average molecular weight is 289 g/mol. The van der Waals surface area contributed by atoms with E-state index < -0.39 is 7.52 Å². The quantitative estimate of drug-likeness (QED) is 0.834. The van der Waals surface area contributed by atoms with E-state index in [1.807, 2.05) is 56.3 Å². The summed E-state index contributed by atoms with van der Waals surface area (Å²) in [5.41, 5.74) is 3.28. The normalized spacial score (nSPS) is 13.8. The maximum absolute atomic E-state index is 12.4. The fourth-order valence-electron chi connectivity index (χ4n) is 2.05. The smallest absolute Gasteiger partial charge is 0.313 e. The molecule has 2 aromatic carbocycles. The van der Waals surface area contributed by atoms with E-state index >= 15 is 0 Å². The van der Waals surface area contributed by atoms with Crippen molar-refractivity contribution in [1.82, 2.24) is 5.09 Å². The Bertz CT molecular complexity index is 605. The molecule has 0 aliphatic rings. The third kappa shape index (κ3) is 4.52. The van der Waals surface area contributed by atoms with Gasteiger partial charge in [0.2, 0.25) is 0 Å². The Hall–Kier alpha value is -1.57. The lowest BCUT2D eigenvalue weighted by Gasteiger charge is -2.17. The predicted molar refractivity (Wildman–Crippen MR) is 83.4 cm³/mol. The van der Waals surface area contributed by atoms with Crippen LogP contribution in [0.5, 0.6) is 5.75 Å². The molecule has 0 saturated carbocycles. The number of hydrogen-bond acceptors (Lipinski definition) is 2. The fraction of sp³-hybridized carbons (Fsp3) is 0.250. The van der Waals surface area contributed by atoms with Crippen molar-refractivity contribution in [2.45, 2.75) is 20.4 Å². The maximum atomic E-state index is 12.4. The van der Waals surface area contributed by atoms with Gasteiger partial charge >= 0.3 is 7.52 Å². The van der Waals surface area contributed by atoms with Crippen LogP contribution < -0.4 is 9.61 Å². The predicted octanol–water partition coefficient (Wildman–Crippen LogP) is 4.29. The third-order valence-corrected chi connectivity index (χ3v) is 4.18. The first-order valence-corrected chi connectivity index (χ1v) is 8.66. The van der Waals surface area contributed by atoms with Crippen molar-refractivity contribution in [2.24, 2.45) is 0 Å². The van der Waals surface area contributed by atoms with Gasteiger partial charge in [-0.2, -0.15) is 0 Å². The van der Waals surface area contributed by atoms with Gasteiger partial charge in [-0.1, -0.05) is 36.4 Å². The summed E-state index contributed by atoms with van der Waals surface area (Å²) in [6.07, 6.45) is 0. The molecule has 0 aliphatic heterocycles. The number of rotatable bonds is 5. The van der Waals surface area contributed by atoms with Gasteiger partial charge in [0.15, 0.2) is 0 Å². The fourth-order valence-corrected chi connectivity index (χ4v) is 3.09. The first-order chi connectivity index (χ1) is 9.44. The van der Waals surface area contributed by atoms with Gasteiger partial charge in [0.1, 0.15) is 5.75 Å². The summed E-state index contributed by atoms with van der Waals surface area (Å²) in [6, 6.07) is 15.7. The molecular weight excluding hydrogens is 269 g/mol. The van der Waals surface area contributed by atoms with Gasteiger partial charge in [0.25, 0.3) is 0 Å². The van der Waals surface area contributed by atoms with Crippen LogP contribution in [0.15, 0.2) is 48.5 Å². The highest BCUT2D eigenvalue weighted by Gasteiger charge is 2.16. The number of nitrogens with one attached hydrogen (secondary N) is 1. The van der Waals surface area contributed by atoms with Crippen molar-refractivity contribution in [2.75, 3.05) is 6.66 Å². The summed E-state index contributed by atoms with van der Waals surface area (Å²) in [5, 5.41) is 3.00. The van der Waals surface area contributed by atoms with E-state index in [2.05, 4.69) is 11.2 Å². The van der Waals surface area contributed by atoms with Crippen LogP contribution >= 0.6 is 7.52 Å². The van der Waals surface area contributed by atoms with Gasteiger partial charge in [-0.3, -0.25) is 4.57 Å². The van der Waals surface area contributed by atoms with Crippen LogP contribution in [0.4, 0.5) is 0 Å². The Morgan fingerprint density at radius 2 is 1.65 bits per heavy atom. The van der Waals surface area contributed by atoms with E-state index in [9.17, 15) is 4.57 Å². The number of aryl methyl sites for hydroxylation is 2. The summed E-state index contributed by atoms with van der Waals surface area (Å²) in [7, 11) is -2.87.